The minimum Gasteiger partial charge on any atom is -0.399 e. The first-order valence-electron chi connectivity index (χ1n) is 4.70. The molecule has 0 fully saturated rings. The van der Waals surface area contributed by atoms with Crippen molar-refractivity contribution in [3.63, 3.8) is 0 Å². The van der Waals surface area contributed by atoms with Gasteiger partial charge in [-0.05, 0) is 30.4 Å². The largest absolute Gasteiger partial charge is 0.399 e. The Morgan fingerprint density at radius 2 is 2.27 bits per heavy atom. The fraction of sp³-hybridized carbons (Fsp3) is 0.300. The number of nitrogen functional groups attached to an aromatic ring is 1. The van der Waals surface area contributed by atoms with E-state index in [1.807, 2.05) is 24.3 Å². The zero-order valence-corrected chi connectivity index (χ0v) is 9.22. The van der Waals surface area contributed by atoms with Gasteiger partial charge < -0.3 is 5.73 Å². The standard InChI is InChI=1S/C10H15N3OS/c11-8-3-1-4-9(7-8)15-6-2-5-10(14)13-12/h1,3-4,7H,2,5-6,11-12H2,(H,13,14). The van der Waals surface area contributed by atoms with Gasteiger partial charge in [-0.3, -0.25) is 10.2 Å². The average molecular weight is 225 g/mol. The first-order chi connectivity index (χ1) is 7.22. The fourth-order valence-electron chi connectivity index (χ4n) is 1.10. The molecule has 0 atom stereocenters. The predicted octanol–water partition coefficient (Wildman–Crippen LogP) is 1.13. The van der Waals surface area contributed by atoms with E-state index in [4.69, 9.17) is 11.6 Å². The molecule has 0 aliphatic rings. The number of hydrogen-bond donors (Lipinski definition) is 3. The fourth-order valence-corrected chi connectivity index (χ4v) is 2.02. The van der Waals surface area contributed by atoms with Crippen molar-refractivity contribution in [1.82, 2.24) is 5.43 Å². The number of hydrazine groups is 1. The Kier molecular flexibility index (Phi) is 5.00. The molecule has 0 aliphatic carbocycles. The van der Waals surface area contributed by atoms with E-state index in [0.717, 1.165) is 22.8 Å². The number of benzene rings is 1. The molecule has 15 heavy (non-hydrogen) atoms. The molecule has 5 N–H and O–H groups in total. The number of carbonyl (C=O) groups is 1. The van der Waals surface area contributed by atoms with Gasteiger partial charge in [0.1, 0.15) is 0 Å². The number of thioether (sulfide) groups is 1. The zero-order valence-electron chi connectivity index (χ0n) is 8.40. The minimum atomic E-state index is -0.122. The Morgan fingerprint density at radius 1 is 1.47 bits per heavy atom. The Hall–Kier alpha value is -1.20. The van der Waals surface area contributed by atoms with Gasteiger partial charge in [-0.15, -0.1) is 11.8 Å². The third kappa shape index (κ3) is 4.71. The lowest BCUT2D eigenvalue weighted by atomic mass is 10.3. The molecule has 0 saturated heterocycles. The highest BCUT2D eigenvalue weighted by atomic mass is 32.2. The Bertz CT molecular complexity index is 330. The van der Waals surface area contributed by atoms with Crippen molar-refractivity contribution in [2.45, 2.75) is 17.7 Å². The maximum absolute atomic E-state index is 10.8. The number of anilines is 1. The maximum Gasteiger partial charge on any atom is 0.233 e. The van der Waals surface area contributed by atoms with E-state index in [1.54, 1.807) is 11.8 Å². The molecule has 0 unspecified atom stereocenters. The SMILES string of the molecule is NNC(=O)CCCSc1cccc(N)c1. The number of amides is 1. The summed E-state index contributed by atoms with van der Waals surface area (Å²) < 4.78 is 0. The predicted molar refractivity (Wildman–Crippen MR) is 63.1 cm³/mol. The van der Waals surface area contributed by atoms with Crippen LogP contribution in [0.3, 0.4) is 0 Å². The van der Waals surface area contributed by atoms with E-state index in [1.165, 1.54) is 0 Å². The van der Waals surface area contributed by atoms with E-state index >= 15 is 0 Å². The van der Waals surface area contributed by atoms with Gasteiger partial charge in [0.2, 0.25) is 5.91 Å². The first kappa shape index (κ1) is 11.9. The smallest absolute Gasteiger partial charge is 0.233 e. The van der Waals surface area contributed by atoms with Gasteiger partial charge in [-0.25, -0.2) is 5.84 Å². The molecule has 82 valence electrons. The summed E-state index contributed by atoms with van der Waals surface area (Å²) in [6.45, 7) is 0. The average Bonchev–Trinajstić information content (AvgIpc) is 2.24. The number of nitrogens with two attached hydrogens (primary N) is 2. The number of hydrogen-bond acceptors (Lipinski definition) is 4. The van der Waals surface area contributed by atoms with Crippen LogP contribution in [0.1, 0.15) is 12.8 Å². The zero-order chi connectivity index (χ0) is 11.1. The molecule has 5 heteroatoms. The highest BCUT2D eigenvalue weighted by Crippen LogP contribution is 2.21. The lowest BCUT2D eigenvalue weighted by molar-refractivity contribution is -0.121. The molecule has 0 radical (unpaired) electrons. The molecule has 0 heterocycles. The minimum absolute atomic E-state index is 0.122. The van der Waals surface area contributed by atoms with Crippen LogP contribution in [-0.2, 0) is 4.79 Å². The summed E-state index contributed by atoms with van der Waals surface area (Å²) in [6.07, 6.45) is 1.27. The van der Waals surface area contributed by atoms with Crippen molar-refractivity contribution in [3.8, 4) is 0 Å². The quantitative estimate of drug-likeness (QED) is 0.175. The molecule has 0 bridgehead atoms. The van der Waals surface area contributed by atoms with E-state index < -0.39 is 0 Å². The van der Waals surface area contributed by atoms with Crippen molar-refractivity contribution in [2.75, 3.05) is 11.5 Å². The lowest BCUT2D eigenvalue weighted by Gasteiger charge is -2.02. The van der Waals surface area contributed by atoms with Gasteiger partial charge in [0.05, 0.1) is 0 Å². The highest BCUT2D eigenvalue weighted by molar-refractivity contribution is 7.99. The van der Waals surface area contributed by atoms with Crippen molar-refractivity contribution in [1.29, 1.82) is 0 Å². The van der Waals surface area contributed by atoms with Crippen LogP contribution in [0, 0.1) is 0 Å². The summed E-state index contributed by atoms with van der Waals surface area (Å²) in [6, 6.07) is 7.70. The van der Waals surface area contributed by atoms with E-state index in [2.05, 4.69) is 5.43 Å². The van der Waals surface area contributed by atoms with Crippen molar-refractivity contribution >= 4 is 23.4 Å². The van der Waals surface area contributed by atoms with Crippen molar-refractivity contribution < 1.29 is 4.79 Å². The van der Waals surface area contributed by atoms with E-state index in [0.29, 0.717) is 6.42 Å². The van der Waals surface area contributed by atoms with E-state index in [-0.39, 0.29) is 5.91 Å². The molecule has 1 aromatic carbocycles. The van der Waals surface area contributed by atoms with Crippen LogP contribution in [0.2, 0.25) is 0 Å². The van der Waals surface area contributed by atoms with Crippen LogP contribution in [0.15, 0.2) is 29.2 Å². The highest BCUT2D eigenvalue weighted by Gasteiger charge is 1.99. The Morgan fingerprint density at radius 3 is 2.93 bits per heavy atom. The van der Waals surface area contributed by atoms with Crippen LogP contribution in [0.25, 0.3) is 0 Å². The van der Waals surface area contributed by atoms with Gasteiger partial charge in [0, 0.05) is 17.0 Å². The summed E-state index contributed by atoms with van der Waals surface area (Å²) in [5.41, 5.74) is 8.51. The molecule has 0 spiro atoms. The third-order valence-electron chi connectivity index (χ3n) is 1.84. The van der Waals surface area contributed by atoms with Gasteiger partial charge in [0.15, 0.2) is 0 Å². The van der Waals surface area contributed by atoms with Crippen LogP contribution < -0.4 is 17.0 Å². The second-order valence-electron chi connectivity index (χ2n) is 3.09. The van der Waals surface area contributed by atoms with Crippen molar-refractivity contribution in [2.24, 2.45) is 5.84 Å². The first-order valence-corrected chi connectivity index (χ1v) is 5.68. The Balaban J connectivity index is 2.23. The summed E-state index contributed by atoms with van der Waals surface area (Å²) >= 11 is 1.69. The van der Waals surface area contributed by atoms with E-state index in [9.17, 15) is 4.79 Å². The lowest BCUT2D eigenvalue weighted by Crippen LogP contribution is -2.29. The topological polar surface area (TPSA) is 81.1 Å². The second kappa shape index (κ2) is 6.31. The third-order valence-corrected chi connectivity index (χ3v) is 2.92. The molecule has 1 amide bonds. The van der Waals surface area contributed by atoms with Gasteiger partial charge in [0.25, 0.3) is 0 Å². The summed E-state index contributed by atoms with van der Waals surface area (Å²) in [5, 5.41) is 0. The van der Waals surface area contributed by atoms with Gasteiger partial charge in [-0.2, -0.15) is 0 Å². The number of carbonyl (C=O) groups excluding carboxylic acids is 1. The summed E-state index contributed by atoms with van der Waals surface area (Å²) in [4.78, 5) is 11.9. The summed E-state index contributed by atoms with van der Waals surface area (Å²) in [7, 11) is 0. The molecule has 0 aromatic heterocycles. The second-order valence-corrected chi connectivity index (χ2v) is 4.26. The molecular weight excluding hydrogens is 210 g/mol. The number of rotatable bonds is 5. The van der Waals surface area contributed by atoms with Crippen LogP contribution in [0.4, 0.5) is 5.69 Å². The van der Waals surface area contributed by atoms with Gasteiger partial charge >= 0.3 is 0 Å². The van der Waals surface area contributed by atoms with Crippen LogP contribution in [0.5, 0.6) is 0 Å². The molecule has 0 aliphatic heterocycles. The number of nitrogens with one attached hydrogen (secondary N) is 1. The monoisotopic (exact) mass is 225 g/mol. The molecular formula is C10H15N3OS. The molecule has 0 saturated carbocycles. The van der Waals surface area contributed by atoms with Crippen LogP contribution in [-0.4, -0.2) is 11.7 Å². The van der Waals surface area contributed by atoms with Crippen molar-refractivity contribution in [3.05, 3.63) is 24.3 Å². The van der Waals surface area contributed by atoms with Crippen LogP contribution >= 0.6 is 11.8 Å². The normalized spacial score (nSPS) is 9.93. The molecule has 1 rings (SSSR count). The summed E-state index contributed by atoms with van der Waals surface area (Å²) in [5.74, 6) is 5.73. The maximum atomic E-state index is 10.8. The molecule has 1 aromatic rings. The van der Waals surface area contributed by atoms with Gasteiger partial charge in [-0.1, -0.05) is 6.07 Å². The molecule has 4 nitrogen and oxygen atoms in total. The Labute approximate surface area is 93.4 Å².